The molecule has 7 aromatic carbocycles. The van der Waals surface area contributed by atoms with Crippen LogP contribution in [0.5, 0.6) is 0 Å². The minimum absolute atomic E-state index is 0.00302. The zero-order chi connectivity index (χ0) is 56.0. The molecule has 8 aromatic rings. The summed E-state index contributed by atoms with van der Waals surface area (Å²) in [6.07, 6.45) is 9.67. The molecule has 4 atom stereocenters. The Kier molecular flexibility index (Phi) is 10.1. The molecule has 80 heavy (non-hydrogen) atoms. The van der Waals surface area contributed by atoms with E-state index < -0.39 is 0 Å². The predicted octanol–water partition coefficient (Wildman–Crippen LogP) is 19.1. The molecule has 15 rings (SSSR count). The van der Waals surface area contributed by atoms with Gasteiger partial charge in [0, 0.05) is 70.7 Å². The molecule has 5 heteroatoms. The lowest BCUT2D eigenvalue weighted by atomic mass is 9.32. The first kappa shape index (κ1) is 51.1. The third-order valence-electron chi connectivity index (χ3n) is 23.1. The van der Waals surface area contributed by atoms with Gasteiger partial charge in [0.25, 0.3) is 6.71 Å². The molecule has 1 aromatic heterocycles. The Morgan fingerprint density at radius 2 is 1.06 bits per heavy atom. The molecule has 2 fully saturated rings. The molecule has 0 N–H and O–H groups in total. The first-order valence-electron chi connectivity index (χ1n) is 30.8. The molecule has 0 spiro atoms. The maximum absolute atomic E-state index is 3.02. The van der Waals surface area contributed by atoms with Crippen LogP contribution in [0.2, 0.25) is 0 Å². The van der Waals surface area contributed by atoms with Gasteiger partial charge in [0.1, 0.15) is 0 Å². The molecule has 2 aliphatic carbocycles. The molecule has 3 nitrogen and oxygen atoms in total. The molecule has 4 bridgehead atoms. The molecular weight excluding hydrogens is 986 g/mol. The van der Waals surface area contributed by atoms with E-state index in [2.05, 4.69) is 247 Å². The molecule has 4 unspecified atom stereocenters. The summed E-state index contributed by atoms with van der Waals surface area (Å²) < 4.78 is 2.77. The van der Waals surface area contributed by atoms with Gasteiger partial charge < -0.3 is 14.7 Å². The number of anilines is 7. The second-order valence-electron chi connectivity index (χ2n) is 31.2. The minimum atomic E-state index is -0.316. The number of rotatable bonds is 3. The van der Waals surface area contributed by atoms with Crippen molar-refractivity contribution in [1.82, 2.24) is 0 Å². The number of hydrogen-bond acceptors (Lipinski definition) is 4. The second-order valence-corrected chi connectivity index (χ2v) is 32.3. The van der Waals surface area contributed by atoms with E-state index in [0.29, 0.717) is 0 Å². The first-order valence-corrected chi connectivity index (χ1v) is 31.6. The summed E-state index contributed by atoms with van der Waals surface area (Å²) in [7, 11) is 0. The Hall–Kier alpha value is -5.78. The van der Waals surface area contributed by atoms with E-state index in [-0.39, 0.29) is 55.7 Å². The summed E-state index contributed by atoms with van der Waals surface area (Å²) in [6, 6.07) is 50.4. The van der Waals surface area contributed by atoms with Crippen LogP contribution in [0.1, 0.15) is 196 Å². The third kappa shape index (κ3) is 6.14. The molecular formula is C75H84BN3S. The van der Waals surface area contributed by atoms with E-state index in [1.807, 2.05) is 11.3 Å². The molecule has 0 saturated heterocycles. The molecule has 7 aliphatic rings. The van der Waals surface area contributed by atoms with Crippen LogP contribution in [0.25, 0.3) is 31.3 Å². The van der Waals surface area contributed by atoms with Gasteiger partial charge in [-0.1, -0.05) is 189 Å². The van der Waals surface area contributed by atoms with Gasteiger partial charge in [0.2, 0.25) is 0 Å². The Morgan fingerprint density at radius 1 is 0.475 bits per heavy atom. The Balaban J connectivity index is 1.15. The second kappa shape index (κ2) is 15.9. The van der Waals surface area contributed by atoms with Crippen molar-refractivity contribution in [1.29, 1.82) is 0 Å². The largest absolute Gasteiger partial charge is 0.335 e. The van der Waals surface area contributed by atoms with Crippen LogP contribution in [0.4, 0.5) is 39.8 Å². The quantitative estimate of drug-likeness (QED) is 0.163. The van der Waals surface area contributed by atoms with E-state index in [9.17, 15) is 0 Å². The van der Waals surface area contributed by atoms with Crippen molar-refractivity contribution in [2.75, 3.05) is 14.7 Å². The Bertz CT molecular complexity index is 3990. The van der Waals surface area contributed by atoms with E-state index >= 15 is 0 Å². The van der Waals surface area contributed by atoms with Crippen LogP contribution >= 0.6 is 11.3 Å². The number of benzene rings is 7. The fourth-order valence-electron chi connectivity index (χ4n) is 19.2. The highest BCUT2D eigenvalue weighted by molar-refractivity contribution is 7.26. The van der Waals surface area contributed by atoms with Gasteiger partial charge in [-0.3, -0.25) is 0 Å². The SMILES string of the molecule is CC(C)(C)c1ccc(N2c3cc(N4c5ccc(C(C)(C)C)cc5C5(C)CCCCC45C)cc4c3B3c5cc(cc6c5N4C4(C)CCCCC64C)C(C(C)(C)C)(C(C)(C)C)c4ccc5sc6ccc2c3c6c5c4)c(-c2ccccc2)c1. The number of hydrogen-bond donors (Lipinski definition) is 0. The van der Waals surface area contributed by atoms with Gasteiger partial charge in [0.15, 0.2) is 0 Å². The fraction of sp³-hybridized carbons (Fsp3) is 0.440. The van der Waals surface area contributed by atoms with Gasteiger partial charge >= 0.3 is 0 Å². The maximum Gasteiger partial charge on any atom is 0.253 e. The molecule has 2 saturated carbocycles. The molecule has 6 heterocycles. The van der Waals surface area contributed by atoms with Crippen LogP contribution in [-0.4, -0.2) is 17.8 Å². The van der Waals surface area contributed by atoms with E-state index in [1.165, 1.54) is 154 Å². The van der Waals surface area contributed by atoms with Gasteiger partial charge in [-0.15, -0.1) is 11.3 Å². The van der Waals surface area contributed by atoms with Crippen LogP contribution in [0, 0.1) is 10.8 Å². The lowest BCUT2D eigenvalue weighted by Gasteiger charge is -2.55. The van der Waals surface area contributed by atoms with Crippen molar-refractivity contribution in [3.63, 3.8) is 0 Å². The van der Waals surface area contributed by atoms with E-state index in [4.69, 9.17) is 0 Å². The summed E-state index contributed by atoms with van der Waals surface area (Å²) >= 11 is 2.00. The fourth-order valence-corrected chi connectivity index (χ4v) is 20.3. The predicted molar refractivity (Wildman–Crippen MR) is 347 cm³/mol. The Morgan fingerprint density at radius 3 is 1.73 bits per heavy atom. The molecule has 0 amide bonds. The zero-order valence-corrected chi connectivity index (χ0v) is 51.8. The summed E-state index contributed by atoms with van der Waals surface area (Å²) in [4.78, 5) is 8.73. The van der Waals surface area contributed by atoms with Gasteiger partial charge in [0.05, 0.1) is 16.8 Å². The van der Waals surface area contributed by atoms with Crippen molar-refractivity contribution in [3.05, 3.63) is 155 Å². The van der Waals surface area contributed by atoms with Crippen molar-refractivity contribution in [2.24, 2.45) is 10.8 Å². The van der Waals surface area contributed by atoms with E-state index in [1.54, 1.807) is 5.56 Å². The van der Waals surface area contributed by atoms with Crippen LogP contribution in [0.3, 0.4) is 0 Å². The molecule has 0 radical (unpaired) electrons. The maximum atomic E-state index is 3.02. The van der Waals surface area contributed by atoms with Crippen molar-refractivity contribution >= 4 is 94.4 Å². The van der Waals surface area contributed by atoms with Crippen LogP contribution in [0.15, 0.2) is 121 Å². The molecule has 408 valence electrons. The van der Waals surface area contributed by atoms with Crippen molar-refractivity contribution in [2.45, 2.75) is 200 Å². The highest BCUT2D eigenvalue weighted by Gasteiger charge is 2.64. The summed E-state index contributed by atoms with van der Waals surface area (Å²) in [5.41, 5.74) is 24.5. The number of fused-ring (bicyclic) bond motifs is 9. The van der Waals surface area contributed by atoms with Gasteiger partial charge in [-0.05, 0) is 177 Å². The summed E-state index contributed by atoms with van der Waals surface area (Å²) in [6.45, 7) is 40.2. The zero-order valence-electron chi connectivity index (χ0n) is 51.0. The number of nitrogens with zero attached hydrogens (tertiary/aromatic N) is 3. The summed E-state index contributed by atoms with van der Waals surface area (Å²) in [5.74, 6) is 0. The monoisotopic (exact) mass is 1070 g/mol. The molecule has 5 aliphatic heterocycles. The highest BCUT2D eigenvalue weighted by Crippen LogP contribution is 2.67. The Labute approximate surface area is 483 Å². The normalized spacial score (nSPS) is 25.1. The van der Waals surface area contributed by atoms with E-state index in [0.717, 1.165) is 12.8 Å². The van der Waals surface area contributed by atoms with Gasteiger partial charge in [-0.2, -0.15) is 0 Å². The summed E-state index contributed by atoms with van der Waals surface area (Å²) in [5, 5.41) is 2.86. The van der Waals surface area contributed by atoms with Crippen LogP contribution in [-0.2, 0) is 27.1 Å². The highest BCUT2D eigenvalue weighted by atomic mass is 32.1. The van der Waals surface area contributed by atoms with Crippen molar-refractivity contribution < 1.29 is 0 Å². The average molecular weight is 1070 g/mol. The van der Waals surface area contributed by atoms with Gasteiger partial charge in [-0.25, -0.2) is 0 Å². The lowest BCUT2D eigenvalue weighted by Crippen LogP contribution is -2.65. The van der Waals surface area contributed by atoms with Crippen molar-refractivity contribution in [3.8, 4) is 11.1 Å². The minimum Gasteiger partial charge on any atom is -0.335 e. The standard InChI is InChI=1S/C75H84BN3S/c1-67(2,3)46-26-29-56(51(38-46)45-24-18-17-19-25-45)77-58-31-33-62-63-52-39-48(28-32-61(52)80-62)75(69(7,8)9,70(10,11)12)49-41-54-66-55(42-49)76(65(58)63)64-59(77)43-50(44-60(64)79(66)74(16)37-23-21-35-72(54,74)14)78-57-30-27-47(68(4,5)6)40-53(57)71(13)34-20-22-36-73(71,78)15/h17-19,24-33,38-44H,20-23,34-37H2,1-16H3. The first-order chi connectivity index (χ1) is 37.7. The lowest BCUT2D eigenvalue weighted by molar-refractivity contribution is 0.0906. The average Bonchev–Trinajstić information content (AvgIpc) is 4.08. The topological polar surface area (TPSA) is 9.72 Å². The third-order valence-corrected chi connectivity index (χ3v) is 24.3. The number of thiophene rings is 1. The van der Waals surface area contributed by atoms with Crippen LogP contribution < -0.4 is 31.1 Å². The smallest absolute Gasteiger partial charge is 0.253 e.